The van der Waals surface area contributed by atoms with Gasteiger partial charge < -0.3 is 0 Å². The number of allylic oxidation sites excluding steroid dienone is 4. The summed E-state index contributed by atoms with van der Waals surface area (Å²) in [5.74, 6) is -4.86. The monoisotopic (exact) mass is 364 g/mol. The Morgan fingerprint density at radius 1 is 0.923 bits per heavy atom. The van der Waals surface area contributed by atoms with Crippen molar-refractivity contribution in [1.29, 1.82) is 0 Å². The molecule has 1 aliphatic carbocycles. The molecule has 0 bridgehead atoms. The second-order valence-corrected chi connectivity index (χ2v) is 6.30. The number of aryl methyl sites for hydroxylation is 1. The Morgan fingerprint density at radius 3 is 2.08 bits per heavy atom. The third kappa shape index (κ3) is 3.57. The largest absolute Gasteiger partial charge is 0.239 e. The topological polar surface area (TPSA) is 0 Å². The van der Waals surface area contributed by atoms with Crippen molar-refractivity contribution in [2.75, 3.05) is 0 Å². The molecule has 0 saturated carbocycles. The van der Waals surface area contributed by atoms with E-state index in [0.717, 1.165) is 30.5 Å². The van der Waals surface area contributed by atoms with Crippen molar-refractivity contribution >= 4 is 5.57 Å². The first-order valence-corrected chi connectivity index (χ1v) is 8.39. The van der Waals surface area contributed by atoms with Gasteiger partial charge in [0.05, 0.1) is 0 Å². The molecule has 2 aromatic carbocycles. The van der Waals surface area contributed by atoms with Gasteiger partial charge in [0, 0.05) is 12.0 Å². The van der Waals surface area contributed by atoms with Crippen LogP contribution < -0.4 is 0 Å². The minimum atomic E-state index is -2.24. The Kier molecular flexibility index (Phi) is 5.25. The highest BCUT2D eigenvalue weighted by Crippen LogP contribution is 2.37. The van der Waals surface area contributed by atoms with Crippen molar-refractivity contribution in [2.45, 2.75) is 32.4 Å². The maximum absolute atomic E-state index is 14.5. The van der Waals surface area contributed by atoms with Crippen molar-refractivity contribution in [3.63, 3.8) is 0 Å². The first-order valence-electron chi connectivity index (χ1n) is 8.39. The molecule has 5 heteroatoms. The summed E-state index contributed by atoms with van der Waals surface area (Å²) >= 11 is 0. The van der Waals surface area contributed by atoms with Crippen LogP contribution in [-0.4, -0.2) is 6.17 Å². The van der Waals surface area contributed by atoms with E-state index >= 15 is 0 Å². The molecular weight excluding hydrogens is 347 g/mol. The van der Waals surface area contributed by atoms with E-state index in [9.17, 15) is 22.0 Å². The normalized spacial score (nSPS) is 17.5. The van der Waals surface area contributed by atoms with Gasteiger partial charge in [-0.05, 0) is 46.9 Å². The van der Waals surface area contributed by atoms with Gasteiger partial charge >= 0.3 is 0 Å². The summed E-state index contributed by atoms with van der Waals surface area (Å²) in [6.07, 6.45) is -0.298. The molecule has 1 unspecified atom stereocenters. The molecule has 0 spiro atoms. The van der Waals surface area contributed by atoms with Gasteiger partial charge in [0.25, 0.3) is 0 Å². The second kappa shape index (κ2) is 7.44. The molecule has 0 nitrogen and oxygen atoms in total. The fourth-order valence-electron chi connectivity index (χ4n) is 3.09. The fourth-order valence-corrected chi connectivity index (χ4v) is 3.09. The van der Waals surface area contributed by atoms with E-state index in [2.05, 4.69) is 6.92 Å². The molecular formula is C21H17F5. The third-order valence-corrected chi connectivity index (χ3v) is 4.39. The Morgan fingerprint density at radius 2 is 1.54 bits per heavy atom. The minimum Gasteiger partial charge on any atom is -0.239 e. The number of hydrogen-bond acceptors (Lipinski definition) is 0. The van der Waals surface area contributed by atoms with Crippen LogP contribution >= 0.6 is 0 Å². The van der Waals surface area contributed by atoms with Gasteiger partial charge in [-0.15, -0.1) is 0 Å². The summed E-state index contributed by atoms with van der Waals surface area (Å²) in [6.45, 7) is 2.06. The van der Waals surface area contributed by atoms with Crippen LogP contribution in [0.2, 0.25) is 0 Å². The zero-order valence-corrected chi connectivity index (χ0v) is 14.1. The zero-order valence-electron chi connectivity index (χ0n) is 14.1. The van der Waals surface area contributed by atoms with Crippen LogP contribution in [0.1, 0.15) is 30.9 Å². The molecule has 136 valence electrons. The van der Waals surface area contributed by atoms with Gasteiger partial charge in [-0.1, -0.05) is 37.6 Å². The van der Waals surface area contributed by atoms with Crippen molar-refractivity contribution in [3.05, 3.63) is 76.9 Å². The van der Waals surface area contributed by atoms with E-state index in [1.807, 2.05) is 12.1 Å². The maximum atomic E-state index is 14.5. The Hall–Kier alpha value is -2.43. The molecule has 0 N–H and O–H groups in total. The van der Waals surface area contributed by atoms with Crippen LogP contribution in [0.5, 0.6) is 0 Å². The van der Waals surface area contributed by atoms with Crippen LogP contribution in [0.3, 0.4) is 0 Å². The molecule has 0 radical (unpaired) electrons. The van der Waals surface area contributed by atoms with Gasteiger partial charge in [0.2, 0.25) is 0 Å². The number of rotatable bonds is 4. The lowest BCUT2D eigenvalue weighted by molar-refractivity contribution is 0.314. The standard InChI is InChI=1S/C21H17F5/c1-2-3-12-4-6-13(7-5-12)14-8-16(22)20(17(23)9-14)15-10-18(24)21(26)19(25)11-15/h4-10,19H,2-3,11H2,1H3. The second-order valence-electron chi connectivity index (χ2n) is 6.30. The molecule has 1 aliphatic rings. The van der Waals surface area contributed by atoms with Crippen LogP contribution in [0.4, 0.5) is 22.0 Å². The molecule has 2 aromatic rings. The highest BCUT2D eigenvalue weighted by molar-refractivity contribution is 5.74. The highest BCUT2D eigenvalue weighted by Gasteiger charge is 2.28. The Bertz CT molecular complexity index is 855. The van der Waals surface area contributed by atoms with Gasteiger partial charge in [-0.2, -0.15) is 0 Å². The summed E-state index contributed by atoms with van der Waals surface area (Å²) in [4.78, 5) is 0. The number of benzene rings is 2. The Balaban J connectivity index is 1.98. The summed E-state index contributed by atoms with van der Waals surface area (Å²) < 4.78 is 69.1. The molecule has 0 heterocycles. The van der Waals surface area contributed by atoms with Crippen molar-refractivity contribution in [1.82, 2.24) is 0 Å². The predicted molar refractivity (Wildman–Crippen MR) is 92.5 cm³/mol. The number of halogens is 5. The molecule has 0 amide bonds. The maximum Gasteiger partial charge on any atom is 0.170 e. The van der Waals surface area contributed by atoms with E-state index < -0.39 is 41.4 Å². The highest BCUT2D eigenvalue weighted by atomic mass is 19.2. The molecule has 0 saturated heterocycles. The lowest BCUT2D eigenvalue weighted by Gasteiger charge is -2.17. The lowest BCUT2D eigenvalue weighted by atomic mass is 9.92. The molecule has 26 heavy (non-hydrogen) atoms. The summed E-state index contributed by atoms with van der Waals surface area (Å²) in [7, 11) is 0. The van der Waals surface area contributed by atoms with E-state index in [1.165, 1.54) is 0 Å². The molecule has 0 aromatic heterocycles. The van der Waals surface area contributed by atoms with E-state index in [0.29, 0.717) is 17.2 Å². The van der Waals surface area contributed by atoms with E-state index in [1.54, 1.807) is 12.1 Å². The smallest absolute Gasteiger partial charge is 0.170 e. The first-order chi connectivity index (χ1) is 12.4. The quantitative estimate of drug-likeness (QED) is 0.520. The van der Waals surface area contributed by atoms with Gasteiger partial charge in [0.15, 0.2) is 17.8 Å². The van der Waals surface area contributed by atoms with Crippen LogP contribution in [0.25, 0.3) is 16.7 Å². The SMILES string of the molecule is CCCc1ccc(-c2cc(F)c(C3=CC(F)=C(F)C(F)C3)c(F)c2)cc1. The zero-order chi connectivity index (χ0) is 18.8. The lowest BCUT2D eigenvalue weighted by Crippen LogP contribution is -2.10. The van der Waals surface area contributed by atoms with Gasteiger partial charge in [-0.25, -0.2) is 22.0 Å². The fraction of sp³-hybridized carbons (Fsp3) is 0.238. The molecule has 1 atom stereocenters. The van der Waals surface area contributed by atoms with Gasteiger partial charge in [0.1, 0.15) is 11.6 Å². The Labute approximate surface area is 148 Å². The van der Waals surface area contributed by atoms with E-state index in [4.69, 9.17) is 0 Å². The third-order valence-electron chi connectivity index (χ3n) is 4.39. The first kappa shape index (κ1) is 18.4. The van der Waals surface area contributed by atoms with Crippen LogP contribution in [-0.2, 0) is 6.42 Å². The molecule has 0 aliphatic heterocycles. The molecule has 0 fully saturated rings. The number of hydrogen-bond donors (Lipinski definition) is 0. The average Bonchev–Trinajstić information content (AvgIpc) is 2.60. The predicted octanol–water partition coefficient (Wildman–Crippen LogP) is 6.86. The van der Waals surface area contributed by atoms with Crippen LogP contribution in [0, 0.1) is 11.6 Å². The van der Waals surface area contributed by atoms with Crippen molar-refractivity contribution < 1.29 is 22.0 Å². The summed E-state index contributed by atoms with van der Waals surface area (Å²) in [5.41, 5.74) is 1.31. The van der Waals surface area contributed by atoms with Gasteiger partial charge in [-0.3, -0.25) is 0 Å². The number of alkyl halides is 1. The summed E-state index contributed by atoms with van der Waals surface area (Å²) in [5, 5.41) is 0. The molecule has 3 rings (SSSR count). The van der Waals surface area contributed by atoms with Crippen molar-refractivity contribution in [2.24, 2.45) is 0 Å². The average molecular weight is 364 g/mol. The minimum absolute atomic E-state index is 0.240. The van der Waals surface area contributed by atoms with Crippen molar-refractivity contribution in [3.8, 4) is 11.1 Å². The summed E-state index contributed by atoms with van der Waals surface area (Å²) in [6, 6.07) is 9.57. The van der Waals surface area contributed by atoms with Crippen LogP contribution in [0.15, 0.2) is 54.1 Å². The van der Waals surface area contributed by atoms with E-state index in [-0.39, 0.29) is 5.57 Å².